The Balaban J connectivity index is 0.975. The predicted octanol–water partition coefficient (Wildman–Crippen LogP) is 6.08. The zero-order chi connectivity index (χ0) is 26.5. The van der Waals surface area contributed by atoms with Crippen LogP contribution in [0.25, 0.3) is 21.8 Å². The minimum atomic E-state index is 0.662. The largest absolute Gasteiger partial charge is 0.493 e. The summed E-state index contributed by atoms with van der Waals surface area (Å²) >= 11 is 0. The molecule has 2 heterocycles. The van der Waals surface area contributed by atoms with E-state index in [4.69, 9.17) is 4.74 Å². The van der Waals surface area contributed by atoms with Crippen LogP contribution in [0, 0.1) is 0 Å². The second kappa shape index (κ2) is 14.1. The van der Waals surface area contributed by atoms with Crippen LogP contribution in [0.3, 0.4) is 0 Å². The van der Waals surface area contributed by atoms with Crippen LogP contribution in [0.4, 0.5) is 11.5 Å². The number of para-hydroxylation sites is 1. The topological polar surface area (TPSA) is 84.0 Å². The molecule has 0 unspecified atom stereocenters. The molecule has 39 heavy (non-hydrogen) atoms. The number of aryl methyl sites for hydroxylation is 1. The van der Waals surface area contributed by atoms with Gasteiger partial charge in [0.1, 0.15) is 17.9 Å². The minimum absolute atomic E-state index is 0.662. The number of ether oxygens (including phenoxy) is 1. The lowest BCUT2D eigenvalue weighted by atomic mass is 10.1. The van der Waals surface area contributed by atoms with E-state index in [0.29, 0.717) is 6.61 Å². The maximum atomic E-state index is 5.99. The van der Waals surface area contributed by atoms with Crippen LogP contribution in [0.5, 0.6) is 5.75 Å². The van der Waals surface area contributed by atoms with Gasteiger partial charge in [-0.05, 0) is 68.6 Å². The minimum Gasteiger partial charge on any atom is -0.493 e. The van der Waals surface area contributed by atoms with E-state index in [2.05, 4.69) is 67.3 Å². The van der Waals surface area contributed by atoms with E-state index in [1.54, 1.807) is 6.33 Å². The summed E-state index contributed by atoms with van der Waals surface area (Å²) in [5, 5.41) is 12.7. The zero-order valence-corrected chi connectivity index (χ0v) is 22.3. The SMILES string of the molecule is c1ccc(CCCNc2ncnc3cc(OCCCNCCCNc4ccnc5ccccc45)ccc23)cc1. The van der Waals surface area contributed by atoms with E-state index in [9.17, 15) is 0 Å². The van der Waals surface area contributed by atoms with Gasteiger partial charge in [0.25, 0.3) is 0 Å². The Labute approximate surface area is 230 Å². The molecule has 5 rings (SSSR count). The Kier molecular flexibility index (Phi) is 9.52. The van der Waals surface area contributed by atoms with Crippen LogP contribution in [-0.2, 0) is 6.42 Å². The van der Waals surface area contributed by atoms with Gasteiger partial charge in [-0.25, -0.2) is 9.97 Å². The van der Waals surface area contributed by atoms with E-state index in [0.717, 1.165) is 90.9 Å². The summed E-state index contributed by atoms with van der Waals surface area (Å²) in [6.07, 6.45) is 7.55. The van der Waals surface area contributed by atoms with Crippen LogP contribution in [0.2, 0.25) is 0 Å². The molecule has 0 bridgehead atoms. The van der Waals surface area contributed by atoms with E-state index in [-0.39, 0.29) is 0 Å². The van der Waals surface area contributed by atoms with Gasteiger partial charge in [-0.1, -0.05) is 48.5 Å². The van der Waals surface area contributed by atoms with E-state index >= 15 is 0 Å². The fourth-order valence-electron chi connectivity index (χ4n) is 4.61. The number of nitrogens with zero attached hydrogens (tertiary/aromatic N) is 3. The van der Waals surface area contributed by atoms with Gasteiger partial charge in [-0.3, -0.25) is 4.98 Å². The van der Waals surface area contributed by atoms with Gasteiger partial charge in [-0.15, -0.1) is 0 Å². The third-order valence-corrected chi connectivity index (χ3v) is 6.65. The quantitative estimate of drug-likeness (QED) is 0.144. The Morgan fingerprint density at radius 3 is 2.44 bits per heavy atom. The standard InChI is InChI=1S/C32H36N6O/c1-2-9-25(10-3-1)11-6-19-36-32-28-15-14-26(23-31(28)37-24-38-32)39-22-8-18-33-17-7-20-34-30-16-21-35-29-13-5-4-12-27(29)30/h1-5,9-10,12-16,21,23-24,33H,6-8,11,17-20,22H2,(H,34,35)(H,36,37,38). The molecule has 0 radical (unpaired) electrons. The van der Waals surface area contributed by atoms with Gasteiger partial charge in [0.15, 0.2) is 0 Å². The first-order chi connectivity index (χ1) is 19.4. The van der Waals surface area contributed by atoms with Crippen molar-refractivity contribution in [2.24, 2.45) is 0 Å². The summed E-state index contributed by atoms with van der Waals surface area (Å²) in [7, 11) is 0. The van der Waals surface area contributed by atoms with Crippen LogP contribution >= 0.6 is 0 Å². The van der Waals surface area contributed by atoms with E-state index < -0.39 is 0 Å². The third-order valence-electron chi connectivity index (χ3n) is 6.65. The van der Waals surface area contributed by atoms with Crippen molar-refractivity contribution in [2.45, 2.75) is 25.7 Å². The molecule has 7 nitrogen and oxygen atoms in total. The number of pyridine rings is 1. The van der Waals surface area contributed by atoms with Crippen molar-refractivity contribution in [2.75, 3.05) is 43.4 Å². The first-order valence-electron chi connectivity index (χ1n) is 13.8. The van der Waals surface area contributed by atoms with Crippen LogP contribution < -0.4 is 20.7 Å². The van der Waals surface area contributed by atoms with Gasteiger partial charge in [0, 0.05) is 41.8 Å². The summed E-state index contributed by atoms with van der Waals surface area (Å²) in [5.41, 5.74) is 4.41. The Bertz CT molecular complexity index is 1450. The Morgan fingerprint density at radius 2 is 1.49 bits per heavy atom. The lowest BCUT2D eigenvalue weighted by Gasteiger charge is -2.11. The lowest BCUT2D eigenvalue weighted by molar-refractivity contribution is 0.308. The normalized spacial score (nSPS) is 11.1. The van der Waals surface area contributed by atoms with Crippen LogP contribution in [0.1, 0.15) is 24.8 Å². The third kappa shape index (κ3) is 7.65. The summed E-state index contributed by atoms with van der Waals surface area (Å²) in [6.45, 7) is 4.33. The molecule has 0 aliphatic carbocycles. The molecule has 0 saturated heterocycles. The first kappa shape index (κ1) is 26.4. The highest BCUT2D eigenvalue weighted by molar-refractivity contribution is 5.91. The number of hydrogen-bond donors (Lipinski definition) is 3. The van der Waals surface area contributed by atoms with Crippen molar-refractivity contribution in [1.82, 2.24) is 20.3 Å². The van der Waals surface area contributed by atoms with Crippen molar-refractivity contribution >= 4 is 33.3 Å². The fourth-order valence-corrected chi connectivity index (χ4v) is 4.61. The van der Waals surface area contributed by atoms with Gasteiger partial charge in [-0.2, -0.15) is 0 Å². The molecular weight excluding hydrogens is 484 g/mol. The average Bonchev–Trinajstić information content (AvgIpc) is 2.99. The number of rotatable bonds is 15. The van der Waals surface area contributed by atoms with Crippen molar-refractivity contribution in [1.29, 1.82) is 0 Å². The monoisotopic (exact) mass is 520 g/mol. The van der Waals surface area contributed by atoms with Gasteiger partial charge < -0.3 is 20.7 Å². The maximum Gasteiger partial charge on any atom is 0.137 e. The summed E-state index contributed by atoms with van der Waals surface area (Å²) < 4.78 is 5.99. The molecular formula is C32H36N6O. The molecule has 3 N–H and O–H groups in total. The molecule has 0 aliphatic rings. The van der Waals surface area contributed by atoms with Crippen molar-refractivity contribution < 1.29 is 4.74 Å². The molecule has 200 valence electrons. The highest BCUT2D eigenvalue weighted by atomic mass is 16.5. The molecule has 5 aromatic rings. The Hall–Kier alpha value is -4.23. The molecule has 0 amide bonds. The molecule has 0 spiro atoms. The molecule has 2 aromatic heterocycles. The van der Waals surface area contributed by atoms with E-state index in [1.165, 1.54) is 5.56 Å². The van der Waals surface area contributed by atoms with E-state index in [1.807, 2.05) is 48.7 Å². The smallest absolute Gasteiger partial charge is 0.137 e. The average molecular weight is 521 g/mol. The number of anilines is 2. The van der Waals surface area contributed by atoms with Crippen molar-refractivity contribution in [3.63, 3.8) is 0 Å². The second-order valence-electron chi connectivity index (χ2n) is 9.53. The number of hydrogen-bond acceptors (Lipinski definition) is 7. The number of fused-ring (bicyclic) bond motifs is 2. The molecule has 7 heteroatoms. The molecule has 0 atom stereocenters. The van der Waals surface area contributed by atoms with Crippen molar-refractivity contribution in [3.8, 4) is 5.75 Å². The van der Waals surface area contributed by atoms with Crippen molar-refractivity contribution in [3.05, 3.63) is 97.0 Å². The van der Waals surface area contributed by atoms with Gasteiger partial charge in [0.05, 0.1) is 17.6 Å². The van der Waals surface area contributed by atoms with Crippen LogP contribution in [-0.4, -0.2) is 47.7 Å². The molecule has 3 aromatic carbocycles. The summed E-state index contributed by atoms with van der Waals surface area (Å²) in [5.74, 6) is 1.71. The van der Waals surface area contributed by atoms with Crippen LogP contribution in [0.15, 0.2) is 91.4 Å². The fraction of sp³-hybridized carbons (Fsp3) is 0.281. The van der Waals surface area contributed by atoms with Gasteiger partial charge >= 0.3 is 0 Å². The highest BCUT2D eigenvalue weighted by Gasteiger charge is 2.06. The molecule has 0 saturated carbocycles. The molecule has 0 aliphatic heterocycles. The first-order valence-corrected chi connectivity index (χ1v) is 13.8. The summed E-state index contributed by atoms with van der Waals surface area (Å²) in [4.78, 5) is 13.3. The number of nitrogens with one attached hydrogen (secondary N) is 3. The van der Waals surface area contributed by atoms with Gasteiger partial charge in [0.2, 0.25) is 0 Å². The molecule has 0 fully saturated rings. The highest BCUT2D eigenvalue weighted by Crippen LogP contribution is 2.24. The Morgan fingerprint density at radius 1 is 0.641 bits per heavy atom. The predicted molar refractivity (Wildman–Crippen MR) is 161 cm³/mol. The number of aromatic nitrogens is 3. The second-order valence-corrected chi connectivity index (χ2v) is 9.53. The maximum absolute atomic E-state index is 5.99. The number of benzene rings is 3. The summed E-state index contributed by atoms with van der Waals surface area (Å²) in [6, 6.07) is 26.9. The lowest BCUT2D eigenvalue weighted by Crippen LogP contribution is -2.20. The zero-order valence-electron chi connectivity index (χ0n) is 22.3.